The molecule has 3 aliphatic rings. The van der Waals surface area contributed by atoms with Crippen LogP contribution >= 0.6 is 11.8 Å². The molecule has 0 radical (unpaired) electrons. The van der Waals surface area contributed by atoms with E-state index < -0.39 is 12.3 Å². The number of thioether (sulfide) groups is 1. The Bertz CT molecular complexity index is 714. The van der Waals surface area contributed by atoms with Crippen LogP contribution in [-0.4, -0.2) is 66.9 Å². The molecule has 1 aromatic carbocycles. The van der Waals surface area contributed by atoms with Gasteiger partial charge in [-0.25, -0.2) is 0 Å². The van der Waals surface area contributed by atoms with E-state index in [1.807, 2.05) is 17.0 Å². The average molecular weight is 405 g/mol. The largest absolute Gasteiger partial charge is 0.354 e. The van der Waals surface area contributed by atoms with Crippen LogP contribution in [0.15, 0.2) is 24.3 Å². The van der Waals surface area contributed by atoms with Crippen LogP contribution in [0.25, 0.3) is 0 Å². The van der Waals surface area contributed by atoms with Crippen LogP contribution in [0, 0.1) is 5.92 Å². The lowest BCUT2D eigenvalue weighted by Crippen LogP contribution is -2.54. The summed E-state index contributed by atoms with van der Waals surface area (Å²) in [5.74, 6) is 0.809. The number of Topliss-reactive ketones (excluding diaryl/α,β-unsaturated/α-hetero) is 1. The zero-order valence-corrected chi connectivity index (χ0v) is 17.2. The molecule has 0 aromatic heterocycles. The molecule has 2 aliphatic heterocycles. The molecule has 7 heteroatoms. The number of nitrogens with one attached hydrogen (secondary N) is 1. The number of rotatable bonds is 6. The van der Waals surface area contributed by atoms with Crippen LogP contribution in [0.3, 0.4) is 0 Å². The van der Waals surface area contributed by atoms with Gasteiger partial charge in [0, 0.05) is 32.6 Å². The van der Waals surface area contributed by atoms with E-state index in [0.29, 0.717) is 12.4 Å². The van der Waals surface area contributed by atoms with Gasteiger partial charge < -0.3 is 14.4 Å². The van der Waals surface area contributed by atoms with E-state index in [9.17, 15) is 9.59 Å². The molecule has 1 unspecified atom stereocenters. The Morgan fingerprint density at radius 3 is 2.50 bits per heavy atom. The van der Waals surface area contributed by atoms with Crippen molar-refractivity contribution in [3.05, 3.63) is 35.4 Å². The number of ether oxygens (including phenoxy) is 2. The highest BCUT2D eigenvalue weighted by molar-refractivity contribution is 8.00. The predicted octanol–water partition coefficient (Wildman–Crippen LogP) is 1.61. The smallest absolute Gasteiger partial charge is 0.241 e. The van der Waals surface area contributed by atoms with E-state index in [0.717, 1.165) is 25.7 Å². The zero-order chi connectivity index (χ0) is 19.7. The summed E-state index contributed by atoms with van der Waals surface area (Å²) in [5.41, 5.74) is 2.53. The number of fused-ring (bicyclic) bond motifs is 1. The minimum atomic E-state index is -0.462. The third kappa shape index (κ3) is 3.61. The second kappa shape index (κ2) is 8.53. The van der Waals surface area contributed by atoms with Crippen LogP contribution in [0.4, 0.5) is 0 Å². The van der Waals surface area contributed by atoms with Gasteiger partial charge in [-0.15, -0.1) is 11.8 Å². The molecule has 1 aliphatic carbocycles. The first-order valence-electron chi connectivity index (χ1n) is 9.95. The van der Waals surface area contributed by atoms with Crippen molar-refractivity contribution in [3.8, 4) is 0 Å². The van der Waals surface area contributed by atoms with Crippen molar-refractivity contribution in [3.63, 3.8) is 0 Å². The predicted molar refractivity (Wildman–Crippen MR) is 108 cm³/mol. The Hall–Kier alpha value is -1.41. The van der Waals surface area contributed by atoms with Crippen molar-refractivity contribution < 1.29 is 19.1 Å². The quantitative estimate of drug-likeness (QED) is 0.727. The lowest BCUT2D eigenvalue weighted by atomic mass is 9.94. The molecule has 1 aromatic rings. The summed E-state index contributed by atoms with van der Waals surface area (Å²) in [6.07, 6.45) is 2.92. The third-order valence-electron chi connectivity index (χ3n) is 6.23. The number of likely N-dealkylation sites (tertiary alicyclic amines) is 1. The van der Waals surface area contributed by atoms with Crippen molar-refractivity contribution in [1.82, 2.24) is 10.2 Å². The fourth-order valence-corrected chi connectivity index (χ4v) is 6.04. The van der Waals surface area contributed by atoms with E-state index in [2.05, 4.69) is 17.4 Å². The SMILES string of the molecule is COC(OC)[C@@H]1CCCN1C(=O)[C@H]1NCSC1C(=O)C1Cc2ccccc2C1. The minimum Gasteiger partial charge on any atom is -0.354 e. The number of hydrogen-bond donors (Lipinski definition) is 1. The molecule has 0 saturated carbocycles. The van der Waals surface area contributed by atoms with Crippen molar-refractivity contribution in [2.45, 2.75) is 49.3 Å². The Labute approximate surface area is 170 Å². The van der Waals surface area contributed by atoms with Crippen LogP contribution in [0.2, 0.25) is 0 Å². The van der Waals surface area contributed by atoms with Crippen molar-refractivity contribution >= 4 is 23.5 Å². The van der Waals surface area contributed by atoms with Crippen LogP contribution in [0.1, 0.15) is 24.0 Å². The van der Waals surface area contributed by atoms with E-state index in [4.69, 9.17) is 9.47 Å². The highest BCUT2D eigenvalue weighted by Crippen LogP contribution is 2.34. The van der Waals surface area contributed by atoms with Gasteiger partial charge in [-0.1, -0.05) is 24.3 Å². The summed E-state index contributed by atoms with van der Waals surface area (Å²) >= 11 is 1.56. The van der Waals surface area contributed by atoms with E-state index in [1.54, 1.807) is 26.0 Å². The van der Waals surface area contributed by atoms with Gasteiger partial charge >= 0.3 is 0 Å². The molecule has 3 atom stereocenters. The molecule has 0 bridgehead atoms. The first kappa shape index (κ1) is 19.9. The van der Waals surface area contributed by atoms with Crippen molar-refractivity contribution in [1.29, 1.82) is 0 Å². The molecule has 152 valence electrons. The second-order valence-electron chi connectivity index (χ2n) is 7.77. The molecule has 2 fully saturated rings. The van der Waals surface area contributed by atoms with E-state index in [-0.39, 0.29) is 28.9 Å². The number of hydrogen-bond acceptors (Lipinski definition) is 6. The van der Waals surface area contributed by atoms with E-state index in [1.165, 1.54) is 11.1 Å². The number of carbonyl (C=O) groups is 2. The lowest BCUT2D eigenvalue weighted by molar-refractivity contribution is -0.158. The molecular weight excluding hydrogens is 376 g/mol. The average Bonchev–Trinajstić information content (AvgIpc) is 3.46. The maximum absolute atomic E-state index is 13.3. The van der Waals surface area contributed by atoms with Gasteiger partial charge in [-0.2, -0.15) is 0 Å². The zero-order valence-electron chi connectivity index (χ0n) is 16.4. The van der Waals surface area contributed by atoms with Crippen molar-refractivity contribution in [2.75, 3.05) is 26.6 Å². The normalized spacial score (nSPS) is 27.5. The number of methoxy groups -OCH3 is 2. The minimum absolute atomic E-state index is 0.000427. The van der Waals surface area contributed by atoms with Crippen LogP contribution in [0.5, 0.6) is 0 Å². The van der Waals surface area contributed by atoms with Crippen LogP contribution in [-0.2, 0) is 31.9 Å². The van der Waals surface area contributed by atoms with Gasteiger partial charge in [0.05, 0.1) is 11.3 Å². The van der Waals surface area contributed by atoms with Gasteiger partial charge in [0.1, 0.15) is 6.04 Å². The second-order valence-corrected chi connectivity index (χ2v) is 8.90. The Morgan fingerprint density at radius 2 is 1.86 bits per heavy atom. The number of nitrogens with zero attached hydrogens (tertiary/aromatic N) is 1. The highest BCUT2D eigenvalue weighted by atomic mass is 32.2. The molecular formula is C21H28N2O4S. The molecule has 2 saturated heterocycles. The van der Waals surface area contributed by atoms with Gasteiger partial charge in [-0.3, -0.25) is 14.9 Å². The first-order valence-corrected chi connectivity index (χ1v) is 11.0. The molecule has 6 nitrogen and oxygen atoms in total. The fraction of sp³-hybridized carbons (Fsp3) is 0.619. The Balaban J connectivity index is 1.46. The number of benzene rings is 1. The summed E-state index contributed by atoms with van der Waals surface area (Å²) in [6.45, 7) is 0.686. The fourth-order valence-electron chi connectivity index (χ4n) is 4.82. The summed E-state index contributed by atoms with van der Waals surface area (Å²) in [7, 11) is 3.20. The van der Waals surface area contributed by atoms with Crippen molar-refractivity contribution in [2.24, 2.45) is 5.92 Å². The standard InChI is InChI=1S/C21H28N2O4S/c1-26-21(27-2)16-8-5-9-23(16)20(25)17-19(28-12-22-17)18(24)15-10-13-6-3-4-7-14(13)11-15/h3-4,6-7,15-17,19,21-22H,5,8-12H2,1-2H3/t16-,17-,19?/m0/s1. The first-order chi connectivity index (χ1) is 13.6. The highest BCUT2D eigenvalue weighted by Gasteiger charge is 2.46. The van der Waals surface area contributed by atoms with Gasteiger partial charge in [0.15, 0.2) is 12.1 Å². The van der Waals surface area contributed by atoms with Gasteiger partial charge in [-0.05, 0) is 36.8 Å². The molecule has 2 heterocycles. The summed E-state index contributed by atoms with van der Waals surface area (Å²) in [5, 5.41) is 2.95. The van der Waals surface area contributed by atoms with Crippen LogP contribution < -0.4 is 5.32 Å². The maximum atomic E-state index is 13.3. The molecule has 0 spiro atoms. The van der Waals surface area contributed by atoms with E-state index >= 15 is 0 Å². The molecule has 1 N–H and O–H groups in total. The molecule has 1 amide bonds. The Morgan fingerprint density at radius 1 is 1.18 bits per heavy atom. The summed E-state index contributed by atoms with van der Waals surface area (Å²) < 4.78 is 10.8. The van der Waals surface area contributed by atoms with Gasteiger partial charge in [0.2, 0.25) is 5.91 Å². The number of carbonyl (C=O) groups excluding carboxylic acids is 2. The molecule has 28 heavy (non-hydrogen) atoms. The summed E-state index contributed by atoms with van der Waals surface area (Å²) in [6, 6.07) is 7.71. The number of amides is 1. The third-order valence-corrected chi connectivity index (χ3v) is 7.43. The number of ketones is 1. The lowest BCUT2D eigenvalue weighted by Gasteiger charge is -2.32. The Kier molecular flexibility index (Phi) is 6.06. The topological polar surface area (TPSA) is 67.9 Å². The molecule has 4 rings (SSSR count). The monoisotopic (exact) mass is 404 g/mol. The maximum Gasteiger partial charge on any atom is 0.241 e. The summed E-state index contributed by atoms with van der Waals surface area (Å²) in [4.78, 5) is 28.5. The van der Waals surface area contributed by atoms with Gasteiger partial charge in [0.25, 0.3) is 0 Å².